The van der Waals surface area contributed by atoms with E-state index in [0.717, 1.165) is 0 Å². The van der Waals surface area contributed by atoms with E-state index < -0.39 is 22.6 Å². The molecule has 2 radical (unpaired) electrons. The van der Waals surface area contributed by atoms with E-state index in [1.807, 2.05) is 0 Å². The van der Waals surface area contributed by atoms with Crippen LogP contribution in [0.5, 0.6) is 0 Å². The Bertz CT molecular complexity index is 234. The van der Waals surface area contributed by atoms with E-state index in [2.05, 4.69) is 0 Å². The van der Waals surface area contributed by atoms with Crippen LogP contribution in [0.3, 0.4) is 0 Å². The monoisotopic (exact) mass is 197 g/mol. The van der Waals surface area contributed by atoms with Crippen LogP contribution in [0.25, 0.3) is 0 Å². The molecule has 0 aliphatic rings. The maximum atomic E-state index is 11.1. The summed E-state index contributed by atoms with van der Waals surface area (Å²) in [5.74, 6) is -1.09. The SMILES string of the molecule is [B]C(=O)C(O)(C(N)=O)C(C)(CC)CC. The van der Waals surface area contributed by atoms with Gasteiger partial charge in [-0.3, -0.25) is 4.79 Å². The fourth-order valence-electron chi connectivity index (χ4n) is 1.48. The van der Waals surface area contributed by atoms with Gasteiger partial charge in [0.1, 0.15) is 5.68 Å². The zero-order valence-corrected chi connectivity index (χ0v) is 8.83. The summed E-state index contributed by atoms with van der Waals surface area (Å²) >= 11 is 0. The molecule has 4 nitrogen and oxygen atoms in total. The molecule has 0 bridgehead atoms. The Hall–Kier alpha value is -0.835. The third kappa shape index (κ3) is 1.69. The Labute approximate surface area is 85.3 Å². The van der Waals surface area contributed by atoms with Crippen LogP contribution in [-0.4, -0.2) is 30.1 Å². The van der Waals surface area contributed by atoms with Crippen molar-refractivity contribution in [1.29, 1.82) is 0 Å². The fourth-order valence-corrected chi connectivity index (χ4v) is 1.48. The molecule has 0 heterocycles. The first kappa shape index (κ1) is 13.2. The first-order chi connectivity index (χ1) is 6.26. The van der Waals surface area contributed by atoms with E-state index in [1.165, 1.54) is 0 Å². The van der Waals surface area contributed by atoms with Gasteiger partial charge in [-0.1, -0.05) is 20.8 Å². The summed E-state index contributed by atoms with van der Waals surface area (Å²) in [5.41, 5.74) is 0.753. The molecule has 0 aliphatic heterocycles. The van der Waals surface area contributed by atoms with Crippen molar-refractivity contribution < 1.29 is 14.7 Å². The predicted octanol–water partition coefficient (Wildman–Crippen LogP) is -0.276. The number of nitrogens with two attached hydrogens (primary N) is 1. The third-order valence-electron chi connectivity index (χ3n) is 3.15. The highest BCUT2D eigenvalue weighted by atomic mass is 16.3. The van der Waals surface area contributed by atoms with Crippen LogP contribution in [0.4, 0.5) is 0 Å². The molecule has 0 saturated carbocycles. The molecule has 78 valence electrons. The summed E-state index contributed by atoms with van der Waals surface area (Å²) < 4.78 is 0. The molecule has 1 unspecified atom stereocenters. The van der Waals surface area contributed by atoms with Crippen molar-refractivity contribution in [1.82, 2.24) is 0 Å². The second-order valence-corrected chi connectivity index (χ2v) is 3.71. The van der Waals surface area contributed by atoms with Gasteiger partial charge in [0.25, 0.3) is 5.91 Å². The molecule has 5 heteroatoms. The van der Waals surface area contributed by atoms with Crippen LogP contribution < -0.4 is 5.73 Å². The van der Waals surface area contributed by atoms with Crippen molar-refractivity contribution in [2.24, 2.45) is 11.1 Å². The van der Waals surface area contributed by atoms with Gasteiger partial charge in [-0.25, -0.2) is 0 Å². The van der Waals surface area contributed by atoms with Crippen LogP contribution in [0, 0.1) is 5.41 Å². The fraction of sp³-hybridized carbons (Fsp3) is 0.778. The number of hydrogen-bond acceptors (Lipinski definition) is 3. The second kappa shape index (κ2) is 4.13. The number of aliphatic hydroxyl groups is 1. The van der Waals surface area contributed by atoms with E-state index >= 15 is 0 Å². The number of carbonyl (C=O) groups is 2. The van der Waals surface area contributed by atoms with E-state index in [9.17, 15) is 14.7 Å². The van der Waals surface area contributed by atoms with Gasteiger partial charge in [0.05, 0.1) is 0 Å². The summed E-state index contributed by atoms with van der Waals surface area (Å²) in [6, 6.07) is 0. The summed E-state index contributed by atoms with van der Waals surface area (Å²) in [4.78, 5) is 22.2. The maximum Gasteiger partial charge on any atom is 0.256 e. The summed E-state index contributed by atoms with van der Waals surface area (Å²) in [6.45, 7) is 5.14. The van der Waals surface area contributed by atoms with Gasteiger partial charge in [0.2, 0.25) is 0 Å². The van der Waals surface area contributed by atoms with Crippen molar-refractivity contribution in [3.05, 3.63) is 0 Å². The number of amides is 1. The van der Waals surface area contributed by atoms with E-state index in [1.54, 1.807) is 20.8 Å². The average molecular weight is 197 g/mol. The lowest BCUT2D eigenvalue weighted by Crippen LogP contribution is -2.61. The van der Waals surface area contributed by atoms with Crippen molar-refractivity contribution in [2.45, 2.75) is 39.2 Å². The lowest BCUT2D eigenvalue weighted by Gasteiger charge is -2.40. The molecule has 0 saturated heterocycles. The minimum Gasteiger partial charge on any atom is -0.373 e. The highest BCUT2D eigenvalue weighted by Crippen LogP contribution is 2.38. The third-order valence-corrected chi connectivity index (χ3v) is 3.15. The molecule has 0 fully saturated rings. The lowest BCUT2D eigenvalue weighted by molar-refractivity contribution is -0.160. The molecule has 1 amide bonds. The largest absolute Gasteiger partial charge is 0.373 e. The van der Waals surface area contributed by atoms with Crippen LogP contribution in [0.1, 0.15) is 33.6 Å². The van der Waals surface area contributed by atoms with E-state index in [4.69, 9.17) is 13.6 Å². The lowest BCUT2D eigenvalue weighted by atomic mass is 9.63. The topological polar surface area (TPSA) is 80.4 Å². The molecule has 14 heavy (non-hydrogen) atoms. The van der Waals surface area contributed by atoms with E-state index in [-0.39, 0.29) is 0 Å². The predicted molar refractivity (Wildman–Crippen MR) is 53.6 cm³/mol. The zero-order chi connectivity index (χ0) is 11.6. The van der Waals surface area contributed by atoms with Crippen LogP contribution >= 0.6 is 0 Å². The number of carbonyl (C=O) groups excluding carboxylic acids is 2. The Morgan fingerprint density at radius 1 is 1.36 bits per heavy atom. The minimum atomic E-state index is -2.27. The zero-order valence-electron chi connectivity index (χ0n) is 8.83. The normalized spacial score (nSPS) is 16.0. The van der Waals surface area contributed by atoms with Crippen LogP contribution in [0.2, 0.25) is 0 Å². The second-order valence-electron chi connectivity index (χ2n) is 3.71. The molecule has 0 aromatic rings. The summed E-state index contributed by atoms with van der Waals surface area (Å²) in [7, 11) is 5.02. The molecule has 0 aromatic heterocycles. The molecular weight excluding hydrogens is 181 g/mol. The van der Waals surface area contributed by atoms with E-state index in [0.29, 0.717) is 12.8 Å². The number of hydrogen-bond donors (Lipinski definition) is 2. The highest BCUT2D eigenvalue weighted by molar-refractivity contribution is 6.62. The number of rotatable bonds is 5. The number of primary amides is 1. The van der Waals surface area contributed by atoms with Gasteiger partial charge in [-0.2, -0.15) is 0 Å². The van der Waals surface area contributed by atoms with Crippen molar-refractivity contribution in [3.8, 4) is 0 Å². The minimum absolute atomic E-state index is 0.436. The Kier molecular flexibility index (Phi) is 3.88. The molecule has 3 N–H and O–H groups in total. The maximum absolute atomic E-state index is 11.1. The van der Waals surface area contributed by atoms with Gasteiger partial charge >= 0.3 is 0 Å². The van der Waals surface area contributed by atoms with Crippen LogP contribution in [0.15, 0.2) is 0 Å². The Balaban J connectivity index is 5.40. The summed E-state index contributed by atoms with van der Waals surface area (Å²) in [5, 5.41) is 9.94. The molecule has 0 aliphatic carbocycles. The highest BCUT2D eigenvalue weighted by Gasteiger charge is 2.52. The van der Waals surface area contributed by atoms with Gasteiger partial charge in [-0.15, -0.1) is 0 Å². The van der Waals surface area contributed by atoms with Gasteiger partial charge in [-0.05, 0) is 12.8 Å². The Morgan fingerprint density at radius 2 is 1.71 bits per heavy atom. The van der Waals surface area contributed by atoms with Crippen molar-refractivity contribution >= 4 is 19.4 Å². The first-order valence-corrected chi connectivity index (χ1v) is 4.58. The molecule has 1 atom stereocenters. The van der Waals surface area contributed by atoms with Crippen LogP contribution in [-0.2, 0) is 9.59 Å². The molecule has 0 spiro atoms. The van der Waals surface area contributed by atoms with Gasteiger partial charge in [0, 0.05) is 5.41 Å². The average Bonchev–Trinajstić information content (AvgIpc) is 2.14. The smallest absolute Gasteiger partial charge is 0.256 e. The quantitative estimate of drug-likeness (QED) is 0.470. The standard InChI is InChI=1S/C9H16BNO3/c1-4-8(3,5-2)9(14,6(10)12)7(11)13/h14H,4-5H2,1-3H3,(H2,11,13). The van der Waals surface area contributed by atoms with Crippen molar-refractivity contribution in [2.75, 3.05) is 0 Å². The summed E-state index contributed by atoms with van der Waals surface area (Å²) in [6.07, 6.45) is 0.873. The molecular formula is C9H16BNO3. The van der Waals surface area contributed by atoms with Gasteiger partial charge in [0.15, 0.2) is 13.4 Å². The molecule has 0 aromatic carbocycles. The van der Waals surface area contributed by atoms with Crippen molar-refractivity contribution in [3.63, 3.8) is 0 Å². The molecule has 0 rings (SSSR count). The first-order valence-electron chi connectivity index (χ1n) is 4.58. The van der Waals surface area contributed by atoms with Gasteiger partial charge < -0.3 is 15.6 Å². The Morgan fingerprint density at radius 3 is 1.79 bits per heavy atom.